The highest BCUT2D eigenvalue weighted by molar-refractivity contribution is 5.18. The number of rotatable bonds is 9. The molecular weight excluding hydrogens is 266 g/mol. The Hall–Kier alpha value is -1.81. The van der Waals surface area contributed by atoms with Crippen molar-refractivity contribution in [3.05, 3.63) is 54.2 Å². The Balaban J connectivity index is 0.00000191. The van der Waals surface area contributed by atoms with Crippen LogP contribution in [0.15, 0.2) is 53.0 Å². The van der Waals surface area contributed by atoms with Crippen LogP contribution in [0.5, 0.6) is 0 Å². The van der Waals surface area contributed by atoms with E-state index in [1.807, 2.05) is 45.9 Å². The van der Waals surface area contributed by atoms with Crippen LogP contribution in [0.3, 0.4) is 0 Å². The van der Waals surface area contributed by atoms with Crippen molar-refractivity contribution in [2.45, 2.75) is 34.1 Å². The van der Waals surface area contributed by atoms with E-state index in [-0.39, 0.29) is 0 Å². The molecule has 0 spiro atoms. The van der Waals surface area contributed by atoms with Gasteiger partial charge in [0.15, 0.2) is 0 Å². The van der Waals surface area contributed by atoms with Crippen molar-refractivity contribution in [1.82, 2.24) is 5.16 Å². The first-order chi connectivity index (χ1) is 10.2. The SMILES string of the molecule is C=C/C(=C\C=C(C)C)OCCOCCc1ccon1.CC. The first kappa shape index (κ1) is 19.2. The first-order valence-electron chi connectivity index (χ1n) is 7.30. The van der Waals surface area contributed by atoms with Gasteiger partial charge >= 0.3 is 0 Å². The third-order valence-corrected chi connectivity index (χ3v) is 2.27. The van der Waals surface area contributed by atoms with E-state index in [2.05, 4.69) is 11.7 Å². The van der Waals surface area contributed by atoms with E-state index in [0.717, 1.165) is 17.9 Å². The summed E-state index contributed by atoms with van der Waals surface area (Å²) in [6.45, 7) is 13.4. The summed E-state index contributed by atoms with van der Waals surface area (Å²) in [5.41, 5.74) is 2.11. The van der Waals surface area contributed by atoms with Crippen LogP contribution >= 0.6 is 0 Å². The fourth-order valence-corrected chi connectivity index (χ4v) is 1.29. The maximum absolute atomic E-state index is 5.52. The summed E-state index contributed by atoms with van der Waals surface area (Å²) < 4.78 is 15.7. The molecule has 4 nitrogen and oxygen atoms in total. The van der Waals surface area contributed by atoms with Gasteiger partial charge < -0.3 is 14.0 Å². The highest BCUT2D eigenvalue weighted by Crippen LogP contribution is 2.01. The molecule has 0 saturated heterocycles. The zero-order valence-electron chi connectivity index (χ0n) is 13.6. The van der Waals surface area contributed by atoms with Gasteiger partial charge in [0.05, 0.1) is 18.9 Å². The fraction of sp³-hybridized carbons (Fsp3) is 0.471. The molecule has 0 aliphatic heterocycles. The molecule has 4 heteroatoms. The number of hydrogen-bond donors (Lipinski definition) is 0. The number of nitrogens with zero attached hydrogens (tertiary/aromatic N) is 1. The van der Waals surface area contributed by atoms with Crippen molar-refractivity contribution in [2.24, 2.45) is 0 Å². The van der Waals surface area contributed by atoms with Crippen LogP contribution in [0.25, 0.3) is 0 Å². The minimum absolute atomic E-state index is 0.507. The first-order valence-corrected chi connectivity index (χ1v) is 7.30. The molecular formula is C17H27NO3. The summed E-state index contributed by atoms with van der Waals surface area (Å²) in [4.78, 5) is 0. The summed E-state index contributed by atoms with van der Waals surface area (Å²) in [6.07, 6.45) is 7.89. The predicted molar refractivity (Wildman–Crippen MR) is 86.0 cm³/mol. The summed E-state index contributed by atoms with van der Waals surface area (Å²) in [6, 6.07) is 1.83. The molecule has 0 aliphatic carbocycles. The normalized spacial score (nSPS) is 10.4. The monoisotopic (exact) mass is 293 g/mol. The van der Waals surface area contributed by atoms with E-state index in [4.69, 9.17) is 14.0 Å². The third kappa shape index (κ3) is 10.6. The van der Waals surface area contributed by atoms with Crippen molar-refractivity contribution >= 4 is 0 Å². The van der Waals surface area contributed by atoms with Gasteiger partial charge in [0.1, 0.15) is 18.6 Å². The van der Waals surface area contributed by atoms with E-state index in [1.54, 1.807) is 12.3 Å². The third-order valence-electron chi connectivity index (χ3n) is 2.27. The van der Waals surface area contributed by atoms with Gasteiger partial charge in [-0.2, -0.15) is 0 Å². The second-order valence-corrected chi connectivity index (χ2v) is 4.22. The largest absolute Gasteiger partial charge is 0.491 e. The van der Waals surface area contributed by atoms with E-state index in [0.29, 0.717) is 19.8 Å². The number of allylic oxidation sites excluding steroid dienone is 4. The van der Waals surface area contributed by atoms with E-state index in [1.165, 1.54) is 5.57 Å². The Morgan fingerprint density at radius 3 is 2.57 bits per heavy atom. The summed E-state index contributed by atoms with van der Waals surface area (Å²) in [7, 11) is 0. The molecule has 0 aromatic carbocycles. The lowest BCUT2D eigenvalue weighted by atomic mass is 10.3. The Kier molecular flexibility index (Phi) is 12.0. The second kappa shape index (κ2) is 13.2. The molecule has 0 amide bonds. The van der Waals surface area contributed by atoms with E-state index < -0.39 is 0 Å². The van der Waals surface area contributed by atoms with Gasteiger partial charge in [-0.15, -0.1) is 0 Å². The maximum Gasteiger partial charge on any atom is 0.124 e. The zero-order chi connectivity index (χ0) is 15.9. The number of hydrogen-bond acceptors (Lipinski definition) is 4. The van der Waals surface area contributed by atoms with Crippen molar-refractivity contribution in [2.75, 3.05) is 19.8 Å². The van der Waals surface area contributed by atoms with Crippen molar-refractivity contribution in [3.8, 4) is 0 Å². The molecule has 1 heterocycles. The van der Waals surface area contributed by atoms with E-state index in [9.17, 15) is 0 Å². The minimum atomic E-state index is 0.507. The van der Waals surface area contributed by atoms with Crippen LogP contribution in [-0.4, -0.2) is 25.0 Å². The van der Waals surface area contributed by atoms with Gasteiger partial charge in [-0.3, -0.25) is 0 Å². The topological polar surface area (TPSA) is 44.5 Å². The summed E-state index contributed by atoms with van der Waals surface area (Å²) in [5.74, 6) is 0.751. The Morgan fingerprint density at radius 1 is 1.24 bits per heavy atom. The molecule has 21 heavy (non-hydrogen) atoms. The average Bonchev–Trinajstić information content (AvgIpc) is 3.01. The van der Waals surface area contributed by atoms with Crippen LogP contribution in [0.1, 0.15) is 33.4 Å². The number of aromatic nitrogens is 1. The van der Waals surface area contributed by atoms with Crippen LogP contribution in [-0.2, 0) is 15.9 Å². The van der Waals surface area contributed by atoms with Gasteiger partial charge in [-0.1, -0.05) is 37.2 Å². The molecule has 0 N–H and O–H groups in total. The molecule has 0 fully saturated rings. The highest BCUT2D eigenvalue weighted by Gasteiger charge is 1.97. The second-order valence-electron chi connectivity index (χ2n) is 4.22. The van der Waals surface area contributed by atoms with Crippen molar-refractivity contribution in [1.29, 1.82) is 0 Å². The summed E-state index contributed by atoms with van der Waals surface area (Å²) in [5, 5.41) is 3.80. The molecule has 118 valence electrons. The fourth-order valence-electron chi connectivity index (χ4n) is 1.29. The highest BCUT2D eigenvalue weighted by atomic mass is 16.5. The standard InChI is InChI=1S/C15H21NO3.C2H6/c1-4-15(6-5-13(2)3)18-12-11-17-9-7-14-8-10-19-16-14;1-2/h4-6,8,10H,1,7,9,11-12H2,2-3H3;1-2H3/b15-6+;. The average molecular weight is 293 g/mol. The van der Waals surface area contributed by atoms with Crippen LogP contribution in [0.2, 0.25) is 0 Å². The Labute approximate surface area is 128 Å². The van der Waals surface area contributed by atoms with Gasteiger partial charge in [0, 0.05) is 12.5 Å². The van der Waals surface area contributed by atoms with Crippen LogP contribution in [0, 0.1) is 0 Å². The molecule has 0 radical (unpaired) electrons. The van der Waals surface area contributed by atoms with Gasteiger partial charge in [-0.05, 0) is 26.0 Å². The van der Waals surface area contributed by atoms with Gasteiger partial charge in [0.25, 0.3) is 0 Å². The molecule has 0 bridgehead atoms. The molecule has 1 aromatic heterocycles. The quantitative estimate of drug-likeness (QED) is 0.386. The lowest BCUT2D eigenvalue weighted by Crippen LogP contribution is -2.06. The Morgan fingerprint density at radius 2 is 2.00 bits per heavy atom. The molecule has 0 atom stereocenters. The summed E-state index contributed by atoms with van der Waals surface area (Å²) >= 11 is 0. The van der Waals surface area contributed by atoms with E-state index >= 15 is 0 Å². The van der Waals surface area contributed by atoms with Gasteiger partial charge in [-0.25, -0.2) is 0 Å². The molecule has 1 aromatic rings. The Bertz CT molecular complexity index is 415. The molecule has 0 unspecified atom stereocenters. The van der Waals surface area contributed by atoms with Gasteiger partial charge in [0.2, 0.25) is 0 Å². The smallest absolute Gasteiger partial charge is 0.124 e. The maximum atomic E-state index is 5.52. The molecule has 0 saturated carbocycles. The number of ether oxygens (including phenoxy) is 2. The zero-order valence-corrected chi connectivity index (χ0v) is 13.6. The van der Waals surface area contributed by atoms with Crippen molar-refractivity contribution in [3.63, 3.8) is 0 Å². The van der Waals surface area contributed by atoms with Crippen LogP contribution in [0.4, 0.5) is 0 Å². The minimum Gasteiger partial charge on any atom is -0.491 e. The predicted octanol–water partition coefficient (Wildman–Crippen LogP) is 4.31. The molecule has 1 rings (SSSR count). The van der Waals surface area contributed by atoms with Crippen molar-refractivity contribution < 1.29 is 14.0 Å². The molecule has 0 aliphatic rings. The lowest BCUT2D eigenvalue weighted by molar-refractivity contribution is 0.0800. The lowest BCUT2D eigenvalue weighted by Gasteiger charge is -2.06. The van der Waals surface area contributed by atoms with Crippen LogP contribution < -0.4 is 0 Å².